The number of nitrogens with zero attached hydrogens (tertiary/aromatic N) is 1. The van der Waals surface area contributed by atoms with Crippen LogP contribution in [-0.4, -0.2) is 9.97 Å². The molecular formula is C15H9FN2. The molecule has 2 aromatic heterocycles. The highest BCUT2D eigenvalue weighted by atomic mass is 19.1. The predicted molar refractivity (Wildman–Crippen MR) is 68.5 cm³/mol. The number of nitrogens with one attached hydrogen (secondary N) is 1. The Bertz CT molecular complexity index is 730. The second-order valence-corrected chi connectivity index (χ2v) is 3.88. The first-order valence-corrected chi connectivity index (χ1v) is 5.52. The van der Waals surface area contributed by atoms with Gasteiger partial charge in [0.15, 0.2) is 0 Å². The summed E-state index contributed by atoms with van der Waals surface area (Å²) in [6, 6.07) is 12.0. The van der Waals surface area contributed by atoms with Gasteiger partial charge in [-0.1, -0.05) is 12.0 Å². The number of aromatic nitrogens is 2. The lowest BCUT2D eigenvalue weighted by Gasteiger charge is -1.89. The third-order valence-electron chi connectivity index (χ3n) is 2.56. The lowest BCUT2D eigenvalue weighted by molar-refractivity contribution is 0.627. The summed E-state index contributed by atoms with van der Waals surface area (Å²) in [5.41, 5.74) is 2.23. The molecule has 0 bridgehead atoms. The number of fused-ring (bicyclic) bond motifs is 1. The Morgan fingerprint density at radius 3 is 2.83 bits per heavy atom. The van der Waals surface area contributed by atoms with Gasteiger partial charge >= 0.3 is 0 Å². The molecule has 0 spiro atoms. The van der Waals surface area contributed by atoms with Gasteiger partial charge in [0.2, 0.25) is 0 Å². The molecule has 86 valence electrons. The molecule has 18 heavy (non-hydrogen) atoms. The predicted octanol–water partition coefficient (Wildman–Crippen LogP) is 3.10. The van der Waals surface area contributed by atoms with Crippen molar-refractivity contribution >= 4 is 11.0 Å². The van der Waals surface area contributed by atoms with Gasteiger partial charge in [0.1, 0.15) is 11.5 Å². The summed E-state index contributed by atoms with van der Waals surface area (Å²) >= 11 is 0. The van der Waals surface area contributed by atoms with Crippen molar-refractivity contribution in [2.75, 3.05) is 0 Å². The fraction of sp³-hybridized carbons (Fsp3) is 0. The van der Waals surface area contributed by atoms with E-state index >= 15 is 0 Å². The van der Waals surface area contributed by atoms with Crippen LogP contribution in [0.25, 0.3) is 11.0 Å². The van der Waals surface area contributed by atoms with Crippen molar-refractivity contribution in [2.45, 2.75) is 0 Å². The van der Waals surface area contributed by atoms with Gasteiger partial charge in [-0.05, 0) is 42.3 Å². The minimum Gasteiger partial charge on any atom is -0.333 e. The quantitative estimate of drug-likeness (QED) is 0.597. The molecule has 0 saturated heterocycles. The number of hydrogen-bond acceptors (Lipinski definition) is 1. The van der Waals surface area contributed by atoms with Crippen molar-refractivity contribution in [3.05, 3.63) is 65.7 Å². The zero-order valence-corrected chi connectivity index (χ0v) is 9.44. The Hall–Kier alpha value is -2.60. The van der Waals surface area contributed by atoms with Gasteiger partial charge < -0.3 is 4.98 Å². The van der Waals surface area contributed by atoms with Crippen LogP contribution in [0.1, 0.15) is 11.3 Å². The Kier molecular flexibility index (Phi) is 2.54. The van der Waals surface area contributed by atoms with Crippen LogP contribution < -0.4 is 0 Å². The van der Waals surface area contributed by atoms with Crippen LogP contribution in [0, 0.1) is 17.7 Å². The van der Waals surface area contributed by atoms with E-state index in [0.717, 1.165) is 16.7 Å². The smallest absolute Gasteiger partial charge is 0.138 e. The van der Waals surface area contributed by atoms with Gasteiger partial charge in [0.05, 0.1) is 5.69 Å². The van der Waals surface area contributed by atoms with Crippen molar-refractivity contribution in [1.29, 1.82) is 0 Å². The van der Waals surface area contributed by atoms with E-state index < -0.39 is 0 Å². The third-order valence-corrected chi connectivity index (χ3v) is 2.56. The molecule has 0 atom stereocenters. The van der Waals surface area contributed by atoms with Crippen LogP contribution in [0.5, 0.6) is 0 Å². The number of aromatic amines is 1. The van der Waals surface area contributed by atoms with Crippen molar-refractivity contribution in [3.63, 3.8) is 0 Å². The average Bonchev–Trinajstić information content (AvgIpc) is 2.79. The Balaban J connectivity index is 1.97. The van der Waals surface area contributed by atoms with Crippen LogP contribution >= 0.6 is 0 Å². The molecule has 0 amide bonds. The largest absolute Gasteiger partial charge is 0.333 e. The van der Waals surface area contributed by atoms with Gasteiger partial charge in [-0.15, -0.1) is 0 Å². The van der Waals surface area contributed by atoms with Crippen molar-refractivity contribution in [3.8, 4) is 11.8 Å². The Labute approximate surface area is 103 Å². The molecule has 0 unspecified atom stereocenters. The fourth-order valence-electron chi connectivity index (χ4n) is 1.73. The summed E-state index contributed by atoms with van der Waals surface area (Å²) in [7, 11) is 0. The zero-order valence-electron chi connectivity index (χ0n) is 9.44. The van der Waals surface area contributed by atoms with E-state index in [0.29, 0.717) is 5.56 Å². The number of H-pyrrole nitrogens is 1. The van der Waals surface area contributed by atoms with Crippen molar-refractivity contribution in [1.82, 2.24) is 9.97 Å². The van der Waals surface area contributed by atoms with Crippen molar-refractivity contribution < 1.29 is 4.39 Å². The lowest BCUT2D eigenvalue weighted by Crippen LogP contribution is -1.78. The number of benzene rings is 1. The lowest BCUT2D eigenvalue weighted by atomic mass is 10.2. The molecule has 1 aromatic carbocycles. The molecule has 3 rings (SSSR count). The Morgan fingerprint density at radius 1 is 1.06 bits per heavy atom. The van der Waals surface area contributed by atoms with Crippen LogP contribution in [0.4, 0.5) is 4.39 Å². The first kappa shape index (κ1) is 10.5. The molecule has 1 N–H and O–H groups in total. The first-order chi connectivity index (χ1) is 8.81. The van der Waals surface area contributed by atoms with E-state index in [1.807, 2.05) is 18.2 Å². The van der Waals surface area contributed by atoms with Crippen molar-refractivity contribution in [2.24, 2.45) is 0 Å². The maximum atomic E-state index is 13.0. The summed E-state index contributed by atoms with van der Waals surface area (Å²) in [4.78, 5) is 7.29. The highest BCUT2D eigenvalue weighted by molar-refractivity contribution is 5.77. The summed E-state index contributed by atoms with van der Waals surface area (Å²) in [5.74, 6) is 5.60. The normalized spacial score (nSPS) is 10.1. The molecule has 0 aliphatic rings. The number of halogens is 1. The third kappa shape index (κ3) is 2.09. The molecule has 0 saturated carbocycles. The minimum atomic E-state index is -0.278. The molecule has 0 aliphatic heterocycles. The summed E-state index contributed by atoms with van der Waals surface area (Å²) in [6.45, 7) is 0. The van der Waals surface area contributed by atoms with E-state index in [2.05, 4.69) is 21.8 Å². The summed E-state index contributed by atoms with van der Waals surface area (Å²) < 4.78 is 13.0. The number of rotatable bonds is 0. The SMILES string of the molecule is Fc1cccc(C#Cc2cc3cccnc3[nH]2)c1. The summed E-state index contributed by atoms with van der Waals surface area (Å²) in [6.07, 6.45) is 1.72. The van der Waals surface area contributed by atoms with Gasteiger partial charge in [0.25, 0.3) is 0 Å². The van der Waals surface area contributed by atoms with Crippen LogP contribution in [0.15, 0.2) is 48.7 Å². The minimum absolute atomic E-state index is 0.278. The van der Waals surface area contributed by atoms with Gasteiger partial charge in [-0.3, -0.25) is 0 Å². The maximum Gasteiger partial charge on any atom is 0.138 e. The second kappa shape index (κ2) is 4.34. The molecule has 2 heterocycles. The standard InChI is InChI=1S/C15H9FN2/c16-13-5-1-3-11(9-13)6-7-14-10-12-4-2-8-17-15(12)18-14/h1-5,8-10H,(H,17,18). The van der Waals surface area contributed by atoms with Gasteiger partial charge in [-0.25, -0.2) is 9.37 Å². The van der Waals surface area contributed by atoms with Gasteiger partial charge in [-0.2, -0.15) is 0 Å². The molecule has 3 aromatic rings. The monoisotopic (exact) mass is 236 g/mol. The summed E-state index contributed by atoms with van der Waals surface area (Å²) in [5, 5.41) is 1.01. The number of hydrogen-bond donors (Lipinski definition) is 1. The maximum absolute atomic E-state index is 13.0. The van der Waals surface area contributed by atoms with Gasteiger partial charge in [0, 0.05) is 17.1 Å². The zero-order chi connectivity index (χ0) is 12.4. The van der Waals surface area contributed by atoms with E-state index in [9.17, 15) is 4.39 Å². The van der Waals surface area contributed by atoms with Crippen LogP contribution in [0.3, 0.4) is 0 Å². The average molecular weight is 236 g/mol. The highest BCUT2D eigenvalue weighted by Crippen LogP contribution is 2.11. The van der Waals surface area contributed by atoms with E-state index in [1.54, 1.807) is 18.3 Å². The van der Waals surface area contributed by atoms with Crippen LogP contribution in [-0.2, 0) is 0 Å². The molecule has 0 radical (unpaired) electrons. The highest BCUT2D eigenvalue weighted by Gasteiger charge is 1.97. The van der Waals surface area contributed by atoms with E-state index in [-0.39, 0.29) is 5.82 Å². The van der Waals surface area contributed by atoms with Crippen LogP contribution in [0.2, 0.25) is 0 Å². The molecule has 3 heteroatoms. The molecule has 2 nitrogen and oxygen atoms in total. The van der Waals surface area contributed by atoms with E-state index in [4.69, 9.17) is 0 Å². The number of pyridine rings is 1. The molecule has 0 aliphatic carbocycles. The second-order valence-electron chi connectivity index (χ2n) is 3.88. The molecule has 0 fully saturated rings. The topological polar surface area (TPSA) is 28.7 Å². The fourth-order valence-corrected chi connectivity index (χ4v) is 1.73. The molecular weight excluding hydrogens is 227 g/mol. The van der Waals surface area contributed by atoms with E-state index in [1.165, 1.54) is 12.1 Å². The Morgan fingerprint density at radius 2 is 2.00 bits per heavy atom. The first-order valence-electron chi connectivity index (χ1n) is 5.52.